The highest BCUT2D eigenvalue weighted by Gasteiger charge is 2.51. The second-order valence-electron chi connectivity index (χ2n) is 11.6. The van der Waals surface area contributed by atoms with Gasteiger partial charge < -0.3 is 10.2 Å². The summed E-state index contributed by atoms with van der Waals surface area (Å²) in [4.78, 5) is 34.0. The Morgan fingerprint density at radius 2 is 1.67 bits per heavy atom. The fourth-order valence-corrected chi connectivity index (χ4v) is 7.49. The Bertz CT molecular complexity index is 1320. The van der Waals surface area contributed by atoms with Crippen LogP contribution in [0.3, 0.4) is 0 Å². The lowest BCUT2D eigenvalue weighted by atomic mass is 9.53. The normalized spacial score (nSPS) is 27.2. The van der Waals surface area contributed by atoms with Crippen LogP contribution in [-0.2, 0) is 6.42 Å². The Morgan fingerprint density at radius 3 is 2.28 bits per heavy atom. The molecule has 3 aromatic rings. The van der Waals surface area contributed by atoms with Crippen molar-refractivity contribution < 1.29 is 4.79 Å². The van der Waals surface area contributed by atoms with Crippen LogP contribution in [0.25, 0.3) is 16.6 Å². The SMILES string of the molecule is CCc1ccc(-n2c(C(C)N(C)C(=O)NC34CC5CC(CC(C5)C3)C4)nc3ccccc3c2=O)cc1. The van der Waals surface area contributed by atoms with Crippen molar-refractivity contribution in [3.05, 3.63) is 70.3 Å². The lowest BCUT2D eigenvalue weighted by Gasteiger charge is -2.57. The molecule has 188 valence electrons. The van der Waals surface area contributed by atoms with E-state index in [9.17, 15) is 9.59 Å². The van der Waals surface area contributed by atoms with Gasteiger partial charge in [-0.1, -0.05) is 31.2 Å². The standard InChI is InChI=1S/C30H36N4O2/c1-4-20-9-11-24(12-10-20)34-27(31-26-8-6-5-7-25(26)28(34)35)19(2)33(3)29(36)32-30-16-21-13-22(17-30)15-23(14-21)18-30/h5-12,19,21-23H,4,13-18H2,1-3H3,(H,32,36). The molecule has 0 radical (unpaired) electrons. The number of aryl methyl sites for hydroxylation is 1. The quantitative estimate of drug-likeness (QED) is 0.511. The minimum Gasteiger partial charge on any atom is -0.333 e. The van der Waals surface area contributed by atoms with Gasteiger partial charge in [-0.15, -0.1) is 0 Å². The summed E-state index contributed by atoms with van der Waals surface area (Å²) < 4.78 is 1.68. The van der Waals surface area contributed by atoms with E-state index in [0.717, 1.165) is 49.1 Å². The molecule has 7 rings (SSSR count). The van der Waals surface area contributed by atoms with Crippen molar-refractivity contribution in [3.63, 3.8) is 0 Å². The molecule has 2 amide bonds. The molecule has 1 aromatic heterocycles. The van der Waals surface area contributed by atoms with Crippen molar-refractivity contribution in [2.24, 2.45) is 17.8 Å². The molecule has 0 saturated heterocycles. The minimum atomic E-state index is -0.387. The van der Waals surface area contributed by atoms with Gasteiger partial charge in [-0.05, 0) is 99.5 Å². The fourth-order valence-electron chi connectivity index (χ4n) is 7.49. The lowest BCUT2D eigenvalue weighted by Crippen LogP contribution is -2.61. The van der Waals surface area contributed by atoms with Crippen LogP contribution in [0, 0.1) is 17.8 Å². The first kappa shape index (κ1) is 23.3. The van der Waals surface area contributed by atoms with Gasteiger partial charge in [0, 0.05) is 12.6 Å². The van der Waals surface area contributed by atoms with Crippen molar-refractivity contribution in [2.75, 3.05) is 7.05 Å². The number of urea groups is 1. The highest BCUT2D eigenvalue weighted by molar-refractivity contribution is 5.78. The molecule has 4 aliphatic carbocycles. The first-order valence-corrected chi connectivity index (χ1v) is 13.5. The van der Waals surface area contributed by atoms with Gasteiger partial charge in [0.05, 0.1) is 22.6 Å². The van der Waals surface area contributed by atoms with Crippen molar-refractivity contribution in [1.82, 2.24) is 19.8 Å². The number of nitrogens with one attached hydrogen (secondary N) is 1. The van der Waals surface area contributed by atoms with Crippen molar-refractivity contribution in [1.29, 1.82) is 0 Å². The van der Waals surface area contributed by atoms with Crippen LogP contribution in [0.5, 0.6) is 0 Å². The van der Waals surface area contributed by atoms with Crippen molar-refractivity contribution in [3.8, 4) is 5.69 Å². The Balaban J connectivity index is 1.35. The van der Waals surface area contributed by atoms with E-state index in [1.807, 2.05) is 50.4 Å². The molecule has 4 bridgehead atoms. The van der Waals surface area contributed by atoms with Crippen molar-refractivity contribution >= 4 is 16.9 Å². The number of aromatic nitrogens is 2. The first-order chi connectivity index (χ1) is 17.4. The number of carbonyl (C=O) groups excluding carboxylic acids is 1. The predicted molar refractivity (Wildman–Crippen MR) is 142 cm³/mol. The summed E-state index contributed by atoms with van der Waals surface area (Å²) in [5, 5.41) is 4.05. The van der Waals surface area contributed by atoms with Crippen LogP contribution in [0.15, 0.2) is 53.3 Å². The van der Waals surface area contributed by atoms with Gasteiger partial charge in [0.2, 0.25) is 0 Å². The minimum absolute atomic E-state index is 0.0632. The summed E-state index contributed by atoms with van der Waals surface area (Å²) in [6.45, 7) is 4.08. The van der Waals surface area contributed by atoms with Crippen LogP contribution >= 0.6 is 0 Å². The molecular formula is C30H36N4O2. The third-order valence-electron chi connectivity index (χ3n) is 9.09. The second kappa shape index (κ2) is 8.75. The summed E-state index contributed by atoms with van der Waals surface area (Å²) in [6.07, 6.45) is 8.27. The monoisotopic (exact) mass is 484 g/mol. The van der Waals surface area contributed by atoms with Crippen LogP contribution < -0.4 is 10.9 Å². The number of nitrogens with zero attached hydrogens (tertiary/aromatic N) is 3. The molecule has 36 heavy (non-hydrogen) atoms. The summed E-state index contributed by atoms with van der Waals surface area (Å²) in [5.74, 6) is 2.86. The molecule has 1 atom stereocenters. The van der Waals surface area contributed by atoms with E-state index in [1.54, 1.807) is 9.47 Å². The summed E-state index contributed by atoms with van der Waals surface area (Å²) in [7, 11) is 1.83. The maximum Gasteiger partial charge on any atom is 0.318 e. The number of hydrogen-bond donors (Lipinski definition) is 1. The van der Waals surface area contributed by atoms with E-state index in [2.05, 4.69) is 24.4 Å². The largest absolute Gasteiger partial charge is 0.333 e. The summed E-state index contributed by atoms with van der Waals surface area (Å²) in [6, 6.07) is 15.0. The average Bonchev–Trinajstić information content (AvgIpc) is 2.87. The first-order valence-electron chi connectivity index (χ1n) is 13.5. The molecule has 2 aromatic carbocycles. The third-order valence-corrected chi connectivity index (χ3v) is 9.09. The van der Waals surface area contributed by atoms with Gasteiger partial charge in [0.15, 0.2) is 0 Å². The van der Waals surface area contributed by atoms with E-state index in [4.69, 9.17) is 4.98 Å². The molecule has 4 saturated carbocycles. The van der Waals surface area contributed by atoms with E-state index >= 15 is 0 Å². The van der Waals surface area contributed by atoms with Crippen LogP contribution in [0.2, 0.25) is 0 Å². The molecule has 0 spiro atoms. The van der Waals surface area contributed by atoms with Gasteiger partial charge >= 0.3 is 6.03 Å². The van der Waals surface area contributed by atoms with Gasteiger partial charge in [-0.3, -0.25) is 9.36 Å². The molecule has 0 aliphatic heterocycles. The molecule has 1 unspecified atom stereocenters. The van der Waals surface area contributed by atoms with Gasteiger partial charge in [0.25, 0.3) is 5.56 Å². The number of fused-ring (bicyclic) bond motifs is 1. The third kappa shape index (κ3) is 3.91. The molecule has 6 nitrogen and oxygen atoms in total. The average molecular weight is 485 g/mol. The number of benzene rings is 2. The Kier molecular flexibility index (Phi) is 5.66. The van der Waals surface area contributed by atoms with Gasteiger partial charge in [-0.2, -0.15) is 0 Å². The second-order valence-corrected chi connectivity index (χ2v) is 11.6. The highest BCUT2D eigenvalue weighted by Crippen LogP contribution is 2.55. The maximum absolute atomic E-state index is 13.7. The predicted octanol–water partition coefficient (Wildman–Crippen LogP) is 5.62. The Labute approximate surface area is 212 Å². The molecule has 4 aliphatic rings. The van der Waals surface area contributed by atoms with Crippen LogP contribution in [-0.4, -0.2) is 33.1 Å². The van der Waals surface area contributed by atoms with Crippen LogP contribution in [0.1, 0.15) is 69.8 Å². The highest BCUT2D eigenvalue weighted by atomic mass is 16.2. The molecule has 6 heteroatoms. The van der Waals surface area contributed by atoms with E-state index in [1.165, 1.54) is 24.8 Å². The zero-order valence-electron chi connectivity index (χ0n) is 21.5. The molecule has 1 N–H and O–H groups in total. The van der Waals surface area contributed by atoms with E-state index < -0.39 is 0 Å². The summed E-state index contributed by atoms with van der Waals surface area (Å²) >= 11 is 0. The Morgan fingerprint density at radius 1 is 1.06 bits per heavy atom. The zero-order valence-corrected chi connectivity index (χ0v) is 21.5. The fraction of sp³-hybridized carbons (Fsp3) is 0.500. The number of carbonyl (C=O) groups is 1. The summed E-state index contributed by atoms with van der Waals surface area (Å²) in [5.41, 5.74) is 2.46. The number of amides is 2. The van der Waals surface area contributed by atoms with Crippen LogP contribution in [0.4, 0.5) is 4.79 Å². The molecule has 4 fully saturated rings. The van der Waals surface area contributed by atoms with E-state index in [0.29, 0.717) is 16.7 Å². The maximum atomic E-state index is 13.7. The smallest absolute Gasteiger partial charge is 0.318 e. The van der Waals surface area contributed by atoms with E-state index in [-0.39, 0.29) is 23.2 Å². The van der Waals surface area contributed by atoms with Gasteiger partial charge in [0.1, 0.15) is 5.82 Å². The molecule has 1 heterocycles. The molecular weight excluding hydrogens is 448 g/mol. The topological polar surface area (TPSA) is 67.2 Å². The lowest BCUT2D eigenvalue weighted by molar-refractivity contribution is -0.0158. The number of hydrogen-bond acceptors (Lipinski definition) is 3. The van der Waals surface area contributed by atoms with Gasteiger partial charge in [-0.25, -0.2) is 9.78 Å². The number of rotatable bonds is 5. The Hall–Kier alpha value is -3.15. The zero-order chi connectivity index (χ0) is 25.0. The number of para-hydroxylation sites is 1. The van der Waals surface area contributed by atoms with Crippen molar-refractivity contribution in [2.45, 2.75) is 70.4 Å².